The van der Waals surface area contributed by atoms with Gasteiger partial charge in [-0.2, -0.15) is 4.98 Å². The number of methoxy groups -OCH3 is 1. The Morgan fingerprint density at radius 3 is 2.75 bits per heavy atom. The summed E-state index contributed by atoms with van der Waals surface area (Å²) < 4.78 is 5.36. The number of ether oxygens (including phenoxy) is 1. The van der Waals surface area contributed by atoms with Gasteiger partial charge >= 0.3 is 0 Å². The van der Waals surface area contributed by atoms with Gasteiger partial charge in [-0.05, 0) is 42.5 Å². The van der Waals surface area contributed by atoms with E-state index in [1.54, 1.807) is 14.0 Å². The molecule has 28 heavy (non-hydrogen) atoms. The molecule has 0 aliphatic heterocycles. The first-order chi connectivity index (χ1) is 13.5. The molecular formula is C21H23N5O2. The summed E-state index contributed by atoms with van der Waals surface area (Å²) >= 11 is 0. The number of nitrogens with two attached hydrogens (primary N) is 2. The molecule has 1 fully saturated rings. The van der Waals surface area contributed by atoms with Crippen LogP contribution in [0.1, 0.15) is 36.5 Å². The Morgan fingerprint density at radius 1 is 1.21 bits per heavy atom. The number of benzene rings is 2. The number of amidine groups is 1. The predicted octanol–water partition coefficient (Wildman–Crippen LogP) is 3.07. The summed E-state index contributed by atoms with van der Waals surface area (Å²) in [5.74, 6) is 2.03. The Labute approximate surface area is 163 Å². The van der Waals surface area contributed by atoms with Gasteiger partial charge in [0, 0.05) is 11.3 Å². The molecule has 1 heterocycles. The van der Waals surface area contributed by atoms with E-state index in [9.17, 15) is 5.11 Å². The molecule has 3 atom stereocenters. The lowest BCUT2D eigenvalue weighted by atomic mass is 9.98. The van der Waals surface area contributed by atoms with Crippen molar-refractivity contribution >= 4 is 28.5 Å². The van der Waals surface area contributed by atoms with E-state index in [-0.39, 0.29) is 17.8 Å². The lowest BCUT2D eigenvalue weighted by molar-refractivity contribution is 0.198. The Bertz CT molecular complexity index is 1060. The largest absolute Gasteiger partial charge is 0.494 e. The zero-order valence-corrected chi connectivity index (χ0v) is 15.8. The third-order valence-corrected chi connectivity index (χ3v) is 5.16. The molecule has 7 heteroatoms. The summed E-state index contributed by atoms with van der Waals surface area (Å²) in [7, 11) is 1.58. The quantitative estimate of drug-likeness (QED) is 0.464. The second kappa shape index (κ2) is 7.09. The SMILES string of the molecule is COc1cccc2c(N=C(N)C3CC3c3ccccc3C(C)O)nc(N)nc12. The van der Waals surface area contributed by atoms with Crippen molar-refractivity contribution in [3.8, 4) is 5.75 Å². The second-order valence-corrected chi connectivity index (χ2v) is 7.05. The molecule has 5 N–H and O–H groups in total. The Kier molecular flexibility index (Phi) is 4.60. The number of para-hydroxylation sites is 1. The fraction of sp³-hybridized carbons (Fsp3) is 0.286. The van der Waals surface area contributed by atoms with Gasteiger partial charge in [0.05, 0.1) is 13.2 Å². The maximum Gasteiger partial charge on any atom is 0.222 e. The van der Waals surface area contributed by atoms with Crippen molar-refractivity contribution in [3.63, 3.8) is 0 Å². The highest BCUT2D eigenvalue weighted by Gasteiger charge is 2.42. The molecule has 0 spiro atoms. The molecule has 0 saturated heterocycles. The summed E-state index contributed by atoms with van der Waals surface area (Å²) in [6.07, 6.45) is 0.370. The molecule has 144 valence electrons. The average Bonchev–Trinajstić information content (AvgIpc) is 3.48. The van der Waals surface area contributed by atoms with Crippen LogP contribution < -0.4 is 16.2 Å². The van der Waals surface area contributed by atoms with E-state index in [2.05, 4.69) is 15.0 Å². The van der Waals surface area contributed by atoms with Crippen LogP contribution in [0.25, 0.3) is 10.9 Å². The third-order valence-electron chi connectivity index (χ3n) is 5.16. The number of nitrogen functional groups attached to an aromatic ring is 1. The van der Waals surface area contributed by atoms with Crippen molar-refractivity contribution in [2.75, 3.05) is 12.8 Å². The van der Waals surface area contributed by atoms with Gasteiger partial charge in [0.25, 0.3) is 0 Å². The van der Waals surface area contributed by atoms with Crippen molar-refractivity contribution in [2.45, 2.75) is 25.4 Å². The van der Waals surface area contributed by atoms with Crippen molar-refractivity contribution in [2.24, 2.45) is 16.6 Å². The number of hydrogen-bond donors (Lipinski definition) is 3. The van der Waals surface area contributed by atoms with Crippen LogP contribution in [0.2, 0.25) is 0 Å². The van der Waals surface area contributed by atoms with Crippen molar-refractivity contribution in [1.82, 2.24) is 9.97 Å². The number of rotatable bonds is 5. The van der Waals surface area contributed by atoms with E-state index in [1.165, 1.54) is 0 Å². The van der Waals surface area contributed by atoms with Crippen LogP contribution in [0.15, 0.2) is 47.5 Å². The van der Waals surface area contributed by atoms with Gasteiger partial charge in [-0.3, -0.25) is 0 Å². The lowest BCUT2D eigenvalue weighted by Crippen LogP contribution is -2.15. The van der Waals surface area contributed by atoms with E-state index in [4.69, 9.17) is 16.2 Å². The van der Waals surface area contributed by atoms with Gasteiger partial charge in [-0.1, -0.05) is 30.3 Å². The molecule has 7 nitrogen and oxygen atoms in total. The number of fused-ring (bicyclic) bond motifs is 1. The van der Waals surface area contributed by atoms with Gasteiger partial charge in [-0.15, -0.1) is 0 Å². The van der Waals surface area contributed by atoms with Crippen molar-refractivity contribution in [1.29, 1.82) is 0 Å². The molecule has 1 aliphatic carbocycles. The first kappa shape index (κ1) is 18.2. The predicted molar refractivity (Wildman–Crippen MR) is 110 cm³/mol. The van der Waals surface area contributed by atoms with Crippen LogP contribution in [-0.2, 0) is 0 Å². The standard InChI is InChI=1S/C21H23N5O2/c1-11(27)12-6-3-4-7-13(12)15-10-16(15)19(22)25-20-14-8-5-9-17(28-2)18(14)24-21(23)26-20/h3-9,11,15-16,27H,10H2,1-2H3,(H4,22,23,24,25,26). The molecule has 3 aromatic rings. The maximum absolute atomic E-state index is 10.0. The van der Waals surface area contributed by atoms with Crippen LogP contribution in [-0.4, -0.2) is 28.0 Å². The lowest BCUT2D eigenvalue weighted by Gasteiger charge is -2.11. The first-order valence-corrected chi connectivity index (χ1v) is 9.20. The van der Waals surface area contributed by atoms with Gasteiger partial charge in [-0.25, -0.2) is 9.98 Å². The molecule has 1 aromatic heterocycles. The topological polar surface area (TPSA) is 120 Å². The monoisotopic (exact) mass is 377 g/mol. The summed E-state index contributed by atoms with van der Waals surface area (Å²) in [6.45, 7) is 1.77. The number of aliphatic hydroxyl groups is 1. The number of anilines is 1. The van der Waals surface area contributed by atoms with Crippen LogP contribution >= 0.6 is 0 Å². The number of aliphatic hydroxyl groups excluding tert-OH is 1. The summed E-state index contributed by atoms with van der Waals surface area (Å²) in [5, 5.41) is 10.8. The zero-order chi connectivity index (χ0) is 19.8. The normalized spacial score (nSPS) is 20.2. The van der Waals surface area contributed by atoms with Gasteiger partial charge in [0.1, 0.15) is 17.1 Å². The maximum atomic E-state index is 10.0. The average molecular weight is 377 g/mol. The van der Waals surface area contributed by atoms with Crippen LogP contribution in [0.3, 0.4) is 0 Å². The first-order valence-electron chi connectivity index (χ1n) is 9.20. The Morgan fingerprint density at radius 2 is 2.00 bits per heavy atom. The number of aromatic nitrogens is 2. The highest BCUT2D eigenvalue weighted by molar-refractivity contribution is 5.97. The van der Waals surface area contributed by atoms with E-state index >= 15 is 0 Å². The number of aliphatic imine (C=N–C) groups is 1. The molecule has 0 bridgehead atoms. The fourth-order valence-electron chi connectivity index (χ4n) is 3.68. The van der Waals surface area contributed by atoms with E-state index in [0.29, 0.717) is 22.9 Å². The van der Waals surface area contributed by atoms with E-state index < -0.39 is 6.10 Å². The molecule has 0 radical (unpaired) electrons. The third kappa shape index (κ3) is 3.25. The van der Waals surface area contributed by atoms with Gasteiger partial charge < -0.3 is 21.3 Å². The van der Waals surface area contributed by atoms with Crippen LogP contribution in [0.5, 0.6) is 5.75 Å². The molecule has 1 aliphatic rings. The Balaban J connectivity index is 1.68. The van der Waals surface area contributed by atoms with Crippen LogP contribution in [0, 0.1) is 5.92 Å². The highest BCUT2D eigenvalue weighted by Crippen LogP contribution is 2.49. The number of nitrogens with zero attached hydrogens (tertiary/aromatic N) is 3. The minimum Gasteiger partial charge on any atom is -0.494 e. The van der Waals surface area contributed by atoms with Gasteiger partial charge in [0.15, 0.2) is 5.82 Å². The molecule has 0 amide bonds. The summed E-state index contributed by atoms with van der Waals surface area (Å²) in [5.41, 5.74) is 14.9. The smallest absolute Gasteiger partial charge is 0.222 e. The summed E-state index contributed by atoms with van der Waals surface area (Å²) in [6, 6.07) is 13.5. The molecule has 2 aromatic carbocycles. The second-order valence-electron chi connectivity index (χ2n) is 7.05. The summed E-state index contributed by atoms with van der Waals surface area (Å²) in [4.78, 5) is 13.1. The van der Waals surface area contributed by atoms with Crippen LogP contribution in [0.4, 0.5) is 11.8 Å². The van der Waals surface area contributed by atoms with Gasteiger partial charge in [0.2, 0.25) is 5.95 Å². The molecule has 3 unspecified atom stereocenters. The number of hydrogen-bond acceptors (Lipinski definition) is 6. The zero-order valence-electron chi connectivity index (χ0n) is 15.8. The molecule has 4 rings (SSSR count). The minimum absolute atomic E-state index is 0.108. The fourth-order valence-corrected chi connectivity index (χ4v) is 3.68. The molecule has 1 saturated carbocycles. The highest BCUT2D eigenvalue weighted by atomic mass is 16.5. The Hall–Kier alpha value is -3.19. The molecular weight excluding hydrogens is 354 g/mol. The van der Waals surface area contributed by atoms with E-state index in [0.717, 1.165) is 22.9 Å². The van der Waals surface area contributed by atoms with Crippen molar-refractivity contribution in [3.05, 3.63) is 53.6 Å². The van der Waals surface area contributed by atoms with E-state index in [1.807, 2.05) is 42.5 Å². The van der Waals surface area contributed by atoms with Crippen molar-refractivity contribution < 1.29 is 9.84 Å². The minimum atomic E-state index is -0.520.